The maximum atomic E-state index is 11.6. The van der Waals surface area contributed by atoms with Crippen molar-refractivity contribution in [2.75, 3.05) is 19.7 Å². The fraction of sp³-hybridized carbons (Fsp3) is 0.312. The van der Waals surface area contributed by atoms with E-state index in [9.17, 15) is 9.59 Å². The number of amides is 1. The highest BCUT2D eigenvalue weighted by Gasteiger charge is 2.01. The molecule has 0 atom stereocenters. The smallest absolute Gasteiger partial charge is 0.341 e. The molecule has 0 spiro atoms. The van der Waals surface area contributed by atoms with Gasteiger partial charge in [0, 0.05) is 25.5 Å². The first-order valence-corrected chi connectivity index (χ1v) is 7.17. The van der Waals surface area contributed by atoms with E-state index in [1.54, 1.807) is 24.4 Å². The second kappa shape index (κ2) is 10.8. The molecular formula is C16H21N3O4. The molecule has 0 saturated heterocycles. The van der Waals surface area contributed by atoms with E-state index in [4.69, 9.17) is 15.6 Å². The highest BCUT2D eigenvalue weighted by atomic mass is 16.5. The van der Waals surface area contributed by atoms with Crippen LogP contribution in [0.1, 0.15) is 12.8 Å². The van der Waals surface area contributed by atoms with Gasteiger partial charge in [-0.05, 0) is 36.6 Å². The summed E-state index contributed by atoms with van der Waals surface area (Å²) in [5, 5.41) is 11.3. The summed E-state index contributed by atoms with van der Waals surface area (Å²) < 4.78 is 4.92. The molecule has 1 amide bonds. The summed E-state index contributed by atoms with van der Waals surface area (Å²) in [4.78, 5) is 26.1. The number of allylic oxidation sites excluding steroid dienone is 4. The summed E-state index contributed by atoms with van der Waals surface area (Å²) in [7, 11) is 0. The lowest BCUT2D eigenvalue weighted by Crippen LogP contribution is -2.24. The Morgan fingerprint density at radius 2 is 2.17 bits per heavy atom. The molecule has 7 nitrogen and oxygen atoms in total. The SMILES string of the molecule is N/C=C(\C=C/C/C=C/C(=O)NCC1=CC=NCC1)OCC(=O)O. The molecule has 124 valence electrons. The highest BCUT2D eigenvalue weighted by Crippen LogP contribution is 2.03. The van der Waals surface area contributed by atoms with Crippen molar-refractivity contribution in [2.45, 2.75) is 12.8 Å². The third-order valence-corrected chi connectivity index (χ3v) is 2.82. The van der Waals surface area contributed by atoms with Crippen LogP contribution >= 0.6 is 0 Å². The first kappa shape index (κ1) is 18.2. The third kappa shape index (κ3) is 8.92. The van der Waals surface area contributed by atoms with Crippen molar-refractivity contribution in [3.8, 4) is 0 Å². The fourth-order valence-electron chi connectivity index (χ4n) is 1.67. The molecule has 0 aromatic heterocycles. The molecule has 1 heterocycles. The van der Waals surface area contributed by atoms with Gasteiger partial charge in [0.25, 0.3) is 0 Å². The van der Waals surface area contributed by atoms with Crippen molar-refractivity contribution in [2.24, 2.45) is 10.7 Å². The molecule has 0 bridgehead atoms. The Kier molecular flexibility index (Phi) is 8.58. The zero-order valence-corrected chi connectivity index (χ0v) is 12.8. The molecule has 1 rings (SSSR count). The Balaban J connectivity index is 2.25. The number of nitrogens with one attached hydrogen (secondary N) is 1. The number of dihydropyridines is 1. The van der Waals surface area contributed by atoms with Crippen LogP contribution in [0, 0.1) is 0 Å². The van der Waals surface area contributed by atoms with Gasteiger partial charge in [0.05, 0.1) is 0 Å². The van der Waals surface area contributed by atoms with Gasteiger partial charge in [0.1, 0.15) is 5.76 Å². The molecule has 0 fully saturated rings. The number of rotatable bonds is 9. The topological polar surface area (TPSA) is 114 Å². The zero-order chi connectivity index (χ0) is 16.9. The Bertz CT molecular complexity index is 560. The lowest BCUT2D eigenvalue weighted by molar-refractivity contribution is -0.140. The zero-order valence-electron chi connectivity index (χ0n) is 12.8. The number of hydrogen-bond donors (Lipinski definition) is 3. The molecule has 0 aliphatic carbocycles. The minimum absolute atomic E-state index is 0.168. The number of carboxylic acid groups (broad SMARTS) is 1. The summed E-state index contributed by atoms with van der Waals surface area (Å²) in [5.74, 6) is -0.983. The second-order valence-electron chi connectivity index (χ2n) is 4.64. The van der Waals surface area contributed by atoms with Crippen LogP contribution < -0.4 is 11.1 Å². The standard InChI is InChI=1S/C16H21N3O4/c17-10-14(23-12-16(21)22)4-2-1-3-5-15(20)19-11-13-6-8-18-9-7-13/h2-6,8,10H,1,7,9,11-12,17H2,(H,19,20)(H,21,22)/b4-2-,5-3+,14-10+. The quantitative estimate of drug-likeness (QED) is 0.332. The molecular weight excluding hydrogens is 298 g/mol. The average Bonchev–Trinajstić information content (AvgIpc) is 2.56. The number of aliphatic imine (C=N–C) groups is 1. The predicted molar refractivity (Wildman–Crippen MR) is 87.8 cm³/mol. The van der Waals surface area contributed by atoms with Gasteiger partial charge in [-0.2, -0.15) is 0 Å². The molecule has 7 heteroatoms. The van der Waals surface area contributed by atoms with E-state index in [0.717, 1.165) is 18.5 Å². The molecule has 0 unspecified atom stereocenters. The van der Waals surface area contributed by atoms with E-state index in [0.29, 0.717) is 13.0 Å². The molecule has 1 aliphatic heterocycles. The normalized spacial score (nSPS) is 15.0. The molecule has 0 saturated carbocycles. The number of carbonyl (C=O) groups is 2. The fourth-order valence-corrected chi connectivity index (χ4v) is 1.67. The van der Waals surface area contributed by atoms with Crippen LogP contribution in [0.15, 0.2) is 52.9 Å². The van der Waals surface area contributed by atoms with Gasteiger partial charge in [-0.15, -0.1) is 0 Å². The molecule has 23 heavy (non-hydrogen) atoms. The van der Waals surface area contributed by atoms with Gasteiger partial charge < -0.3 is 20.9 Å². The van der Waals surface area contributed by atoms with Crippen molar-refractivity contribution in [3.05, 3.63) is 47.9 Å². The van der Waals surface area contributed by atoms with Gasteiger partial charge in [-0.1, -0.05) is 12.2 Å². The molecule has 1 aliphatic rings. The van der Waals surface area contributed by atoms with E-state index in [1.807, 2.05) is 6.08 Å². The monoisotopic (exact) mass is 319 g/mol. The second-order valence-corrected chi connectivity index (χ2v) is 4.64. The van der Waals surface area contributed by atoms with Crippen LogP contribution in [0.4, 0.5) is 0 Å². The lowest BCUT2D eigenvalue weighted by Gasteiger charge is -2.08. The first-order chi connectivity index (χ1) is 11.1. The van der Waals surface area contributed by atoms with E-state index in [2.05, 4.69) is 10.3 Å². The number of aliphatic carboxylic acids is 1. The van der Waals surface area contributed by atoms with Crippen molar-refractivity contribution >= 4 is 18.1 Å². The van der Waals surface area contributed by atoms with Gasteiger partial charge in [0.2, 0.25) is 5.91 Å². The summed E-state index contributed by atoms with van der Waals surface area (Å²) in [6.07, 6.45) is 12.6. The molecule has 4 N–H and O–H groups in total. The molecule has 0 radical (unpaired) electrons. The maximum Gasteiger partial charge on any atom is 0.341 e. The first-order valence-electron chi connectivity index (χ1n) is 7.17. The van der Waals surface area contributed by atoms with Crippen LogP contribution in [0.2, 0.25) is 0 Å². The largest absolute Gasteiger partial charge is 0.480 e. The van der Waals surface area contributed by atoms with Crippen LogP contribution in [0.3, 0.4) is 0 Å². The van der Waals surface area contributed by atoms with Crippen molar-refractivity contribution in [1.29, 1.82) is 0 Å². The van der Waals surface area contributed by atoms with E-state index < -0.39 is 12.6 Å². The summed E-state index contributed by atoms with van der Waals surface area (Å²) >= 11 is 0. The van der Waals surface area contributed by atoms with Crippen LogP contribution in [0.25, 0.3) is 0 Å². The van der Waals surface area contributed by atoms with E-state index in [-0.39, 0.29) is 11.7 Å². The van der Waals surface area contributed by atoms with Crippen molar-refractivity contribution in [1.82, 2.24) is 5.32 Å². The number of ether oxygens (including phenoxy) is 1. The van der Waals surface area contributed by atoms with Crippen LogP contribution in [-0.4, -0.2) is 42.9 Å². The van der Waals surface area contributed by atoms with Crippen molar-refractivity contribution < 1.29 is 19.4 Å². The van der Waals surface area contributed by atoms with Gasteiger partial charge in [0.15, 0.2) is 6.61 Å². The number of nitrogens with two attached hydrogens (primary N) is 1. The average molecular weight is 319 g/mol. The highest BCUT2D eigenvalue weighted by molar-refractivity contribution is 5.87. The minimum atomic E-state index is -1.08. The van der Waals surface area contributed by atoms with Crippen LogP contribution in [-0.2, 0) is 14.3 Å². The number of hydrogen-bond acceptors (Lipinski definition) is 5. The van der Waals surface area contributed by atoms with Crippen LogP contribution in [0.5, 0.6) is 0 Å². The molecule has 0 aromatic carbocycles. The number of carboxylic acids is 1. The van der Waals surface area contributed by atoms with Gasteiger partial charge >= 0.3 is 5.97 Å². The Hall–Kier alpha value is -2.83. The van der Waals surface area contributed by atoms with Gasteiger partial charge in [-0.3, -0.25) is 9.79 Å². The van der Waals surface area contributed by atoms with Crippen molar-refractivity contribution in [3.63, 3.8) is 0 Å². The van der Waals surface area contributed by atoms with Gasteiger partial charge in [-0.25, -0.2) is 4.79 Å². The third-order valence-electron chi connectivity index (χ3n) is 2.82. The predicted octanol–water partition coefficient (Wildman–Crippen LogP) is 0.907. The summed E-state index contributed by atoms with van der Waals surface area (Å²) in [6.45, 7) is 0.837. The maximum absolute atomic E-state index is 11.6. The number of carbonyl (C=O) groups excluding carboxylic acids is 1. The molecule has 0 aromatic rings. The Morgan fingerprint density at radius 1 is 1.39 bits per heavy atom. The lowest BCUT2D eigenvalue weighted by atomic mass is 10.1. The van der Waals surface area contributed by atoms with E-state index >= 15 is 0 Å². The summed E-state index contributed by atoms with van der Waals surface area (Å²) in [6, 6.07) is 0. The Labute approximate surface area is 134 Å². The summed E-state index contributed by atoms with van der Waals surface area (Å²) in [5.41, 5.74) is 6.45. The Morgan fingerprint density at radius 3 is 2.83 bits per heavy atom. The number of nitrogens with zero attached hydrogens (tertiary/aromatic N) is 1. The van der Waals surface area contributed by atoms with E-state index in [1.165, 1.54) is 12.3 Å². The minimum Gasteiger partial charge on any atom is -0.480 e.